The molecule has 0 saturated carbocycles. The number of aliphatic hydroxyl groups excluding tert-OH is 3. The first kappa shape index (κ1) is 16.7. The van der Waals surface area contributed by atoms with Crippen molar-refractivity contribution >= 4 is 5.82 Å². The summed E-state index contributed by atoms with van der Waals surface area (Å²) in [5.41, 5.74) is 2.60. The summed E-state index contributed by atoms with van der Waals surface area (Å²) in [4.78, 5) is 15.3. The van der Waals surface area contributed by atoms with E-state index in [1.165, 1.54) is 12.3 Å². The van der Waals surface area contributed by atoms with Crippen LogP contribution in [0.1, 0.15) is 0 Å². The number of ether oxygens (including phenoxy) is 1. The van der Waals surface area contributed by atoms with E-state index in [4.69, 9.17) is 22.0 Å². The molecule has 1 saturated heterocycles. The molecule has 1 aromatic rings. The highest BCUT2D eigenvalue weighted by Gasteiger charge is 2.55. The van der Waals surface area contributed by atoms with Gasteiger partial charge in [-0.2, -0.15) is 4.98 Å². The summed E-state index contributed by atoms with van der Waals surface area (Å²) >= 11 is 0. The summed E-state index contributed by atoms with van der Waals surface area (Å²) in [5, 5.41) is 28.8. The molecule has 0 aliphatic carbocycles. The monoisotopic (exact) mass is 293 g/mol. The Bertz CT molecular complexity index is 620. The lowest BCUT2D eigenvalue weighted by atomic mass is 10.0. The van der Waals surface area contributed by atoms with Gasteiger partial charge in [0, 0.05) is 6.20 Å². The van der Waals surface area contributed by atoms with E-state index in [-0.39, 0.29) is 5.82 Å². The molecule has 1 fully saturated rings. The van der Waals surface area contributed by atoms with Crippen LogP contribution >= 0.6 is 0 Å². The number of hydrogen-bond donors (Lipinski definition) is 4. The third kappa shape index (κ3) is 2.61. The van der Waals surface area contributed by atoms with Gasteiger partial charge >= 0.3 is 5.69 Å². The van der Waals surface area contributed by atoms with Gasteiger partial charge in [-0.1, -0.05) is 0 Å². The van der Waals surface area contributed by atoms with Crippen LogP contribution in [0.25, 0.3) is 0 Å². The van der Waals surface area contributed by atoms with Crippen LogP contribution in [-0.2, 0) is 10.5 Å². The smallest absolute Gasteiger partial charge is 0.352 e. The van der Waals surface area contributed by atoms with Crippen LogP contribution in [0, 0.1) is 25.2 Å². The molecule has 0 unspecified atom stereocenters. The fourth-order valence-electron chi connectivity index (χ4n) is 2.01. The van der Waals surface area contributed by atoms with Crippen molar-refractivity contribution < 1.29 is 20.1 Å². The van der Waals surface area contributed by atoms with E-state index < -0.39 is 36.3 Å². The van der Waals surface area contributed by atoms with Crippen molar-refractivity contribution in [1.29, 1.82) is 0 Å². The second-order valence-corrected chi connectivity index (χ2v) is 4.12. The molecule has 0 radical (unpaired) electrons. The first-order valence-corrected chi connectivity index (χ1v) is 5.78. The summed E-state index contributed by atoms with van der Waals surface area (Å²) in [7, 11) is 0. The fraction of sp³-hybridized carbons (Fsp3) is 0.385. The minimum atomic E-state index is -1.93. The van der Waals surface area contributed by atoms with Crippen molar-refractivity contribution in [2.75, 3.05) is 12.3 Å². The van der Waals surface area contributed by atoms with E-state index in [0.29, 0.717) is 0 Å². The van der Waals surface area contributed by atoms with Crippen LogP contribution in [0.15, 0.2) is 17.1 Å². The molecule has 2 rings (SSSR count). The topological polar surface area (TPSA) is 131 Å². The molecule has 8 heteroatoms. The van der Waals surface area contributed by atoms with Crippen molar-refractivity contribution in [2.24, 2.45) is 0 Å². The lowest BCUT2D eigenvalue weighted by Gasteiger charge is -2.28. The van der Waals surface area contributed by atoms with Crippen LogP contribution in [0.5, 0.6) is 0 Å². The summed E-state index contributed by atoms with van der Waals surface area (Å²) < 4.78 is 6.13. The average Bonchev–Trinajstić information content (AvgIpc) is 2.74. The number of nitrogens with zero attached hydrogens (tertiary/aromatic N) is 2. The zero-order chi connectivity index (χ0) is 16.2. The Morgan fingerprint density at radius 3 is 2.57 bits per heavy atom. The molecule has 8 nitrogen and oxygen atoms in total. The Kier molecular flexibility index (Phi) is 5.08. The first-order valence-electron chi connectivity index (χ1n) is 5.78. The molecular formula is C13H15N3O5. The fourth-order valence-corrected chi connectivity index (χ4v) is 2.01. The second-order valence-electron chi connectivity index (χ2n) is 4.12. The molecule has 0 bridgehead atoms. The lowest BCUT2D eigenvalue weighted by molar-refractivity contribution is -0.107. The van der Waals surface area contributed by atoms with Gasteiger partial charge in [-0.25, -0.2) is 4.79 Å². The minimum absolute atomic E-state index is 0.0137. The Morgan fingerprint density at radius 2 is 2.14 bits per heavy atom. The molecule has 0 spiro atoms. The van der Waals surface area contributed by atoms with Gasteiger partial charge in [0.05, 0.1) is 6.61 Å². The predicted octanol–water partition coefficient (Wildman–Crippen LogP) is -2.53. The molecule has 4 atom stereocenters. The van der Waals surface area contributed by atoms with E-state index in [0.717, 1.165) is 4.57 Å². The van der Waals surface area contributed by atoms with E-state index >= 15 is 0 Å². The van der Waals surface area contributed by atoms with Crippen molar-refractivity contribution in [3.05, 3.63) is 22.7 Å². The number of hydrogen-bond acceptors (Lipinski definition) is 7. The predicted molar refractivity (Wildman–Crippen MR) is 73.6 cm³/mol. The highest BCUT2D eigenvalue weighted by Crippen LogP contribution is 2.34. The average molecular weight is 293 g/mol. The molecule has 5 N–H and O–H groups in total. The number of nitrogens with two attached hydrogens (primary N) is 1. The van der Waals surface area contributed by atoms with Gasteiger partial charge in [0.25, 0.3) is 0 Å². The maximum Gasteiger partial charge on any atom is 0.352 e. The van der Waals surface area contributed by atoms with Crippen LogP contribution < -0.4 is 11.4 Å². The van der Waals surface area contributed by atoms with E-state index in [2.05, 4.69) is 23.8 Å². The molecule has 1 aromatic heterocycles. The third-order valence-electron chi connectivity index (χ3n) is 3.01. The molecule has 0 aromatic carbocycles. The minimum Gasteiger partial charge on any atom is -0.394 e. The number of aromatic nitrogens is 2. The zero-order valence-corrected chi connectivity index (χ0v) is 11.0. The summed E-state index contributed by atoms with van der Waals surface area (Å²) in [5.74, 6) is 2.12. The largest absolute Gasteiger partial charge is 0.394 e. The van der Waals surface area contributed by atoms with Crippen LogP contribution in [0.4, 0.5) is 5.82 Å². The van der Waals surface area contributed by atoms with E-state index in [9.17, 15) is 15.0 Å². The van der Waals surface area contributed by atoms with Crippen LogP contribution in [0.2, 0.25) is 0 Å². The van der Waals surface area contributed by atoms with Crippen molar-refractivity contribution in [3.8, 4) is 25.2 Å². The van der Waals surface area contributed by atoms with Gasteiger partial charge in [0.1, 0.15) is 24.1 Å². The maximum atomic E-state index is 11.8. The Labute approximate surface area is 120 Å². The SMILES string of the molecule is C#C.C#C[C@@]1(n2ccc(N)nc2=O)O[C@H](CO)[C@@H](O)[C@H]1O. The number of rotatable bonds is 2. The quantitative estimate of drug-likeness (QED) is 0.442. The van der Waals surface area contributed by atoms with Gasteiger partial charge < -0.3 is 25.8 Å². The third-order valence-corrected chi connectivity index (χ3v) is 3.01. The maximum absolute atomic E-state index is 11.8. The van der Waals surface area contributed by atoms with Gasteiger partial charge in [0.2, 0.25) is 5.72 Å². The van der Waals surface area contributed by atoms with Crippen molar-refractivity contribution in [1.82, 2.24) is 9.55 Å². The second kappa shape index (κ2) is 6.39. The molecule has 1 aliphatic rings. The van der Waals surface area contributed by atoms with Gasteiger partial charge in [0.15, 0.2) is 0 Å². The highest BCUT2D eigenvalue weighted by molar-refractivity contribution is 5.25. The highest BCUT2D eigenvalue weighted by atomic mass is 16.6. The lowest BCUT2D eigenvalue weighted by Crippen LogP contribution is -2.49. The van der Waals surface area contributed by atoms with E-state index in [1.54, 1.807) is 0 Å². The normalized spacial score (nSPS) is 31.0. The zero-order valence-electron chi connectivity index (χ0n) is 11.0. The Balaban J connectivity index is 0.00000106. The first-order chi connectivity index (χ1) is 9.96. The van der Waals surface area contributed by atoms with E-state index in [1.807, 2.05) is 0 Å². The number of aliphatic hydroxyl groups is 3. The van der Waals surface area contributed by atoms with Gasteiger partial charge in [-0.3, -0.25) is 4.57 Å². The Hall–Kier alpha value is -2.36. The van der Waals surface area contributed by atoms with Crippen LogP contribution in [-0.4, -0.2) is 49.8 Å². The summed E-state index contributed by atoms with van der Waals surface area (Å²) in [6.45, 7) is -0.557. The number of terminal acetylenes is 2. The van der Waals surface area contributed by atoms with Crippen LogP contribution in [0.3, 0.4) is 0 Å². The molecule has 0 amide bonds. The number of anilines is 1. The molecule has 1 aliphatic heterocycles. The number of nitrogen functional groups attached to an aromatic ring is 1. The standard InChI is InChI=1S/C11H13N3O5.C2H2/c1-2-11(9(17)8(16)6(5-15)19-11)14-4-3-7(12)13-10(14)18;1-2/h1,3-4,6,8-9,15-17H,5H2,(H2,12,13,18);1-2H/t6-,8-,9-,11-;/m1./s1. The van der Waals surface area contributed by atoms with Gasteiger partial charge in [-0.05, 0) is 12.0 Å². The summed E-state index contributed by atoms with van der Waals surface area (Å²) in [6.07, 6.45) is 10.4. The van der Waals surface area contributed by atoms with Crippen molar-refractivity contribution in [2.45, 2.75) is 24.0 Å². The van der Waals surface area contributed by atoms with Crippen molar-refractivity contribution in [3.63, 3.8) is 0 Å². The molecule has 2 heterocycles. The molecule has 21 heavy (non-hydrogen) atoms. The van der Waals surface area contributed by atoms with Gasteiger partial charge in [-0.15, -0.1) is 19.3 Å². The molecule has 112 valence electrons. The molecular weight excluding hydrogens is 278 g/mol. The summed E-state index contributed by atoms with van der Waals surface area (Å²) in [6, 6.07) is 1.30. The Morgan fingerprint density at radius 1 is 1.52 bits per heavy atom.